The Balaban J connectivity index is 1.74. The molecule has 5 heteroatoms. The van der Waals surface area contributed by atoms with Crippen LogP contribution in [0.5, 0.6) is 0 Å². The summed E-state index contributed by atoms with van der Waals surface area (Å²) in [7, 11) is 0. The molecule has 0 aliphatic rings. The molecule has 0 aliphatic carbocycles. The van der Waals surface area contributed by atoms with Crippen LogP contribution in [-0.4, -0.2) is 16.1 Å². The summed E-state index contributed by atoms with van der Waals surface area (Å²) in [6.45, 7) is 3.66. The Hall–Kier alpha value is -2.95. The van der Waals surface area contributed by atoms with Gasteiger partial charge in [0, 0.05) is 11.6 Å². The van der Waals surface area contributed by atoms with Crippen LogP contribution in [0.3, 0.4) is 0 Å². The first kappa shape index (κ1) is 15.0. The molecule has 0 aliphatic heterocycles. The van der Waals surface area contributed by atoms with E-state index in [2.05, 4.69) is 10.1 Å². The second-order valence-corrected chi connectivity index (χ2v) is 5.20. The number of hydrogen-bond acceptors (Lipinski definition) is 5. The number of carbonyl (C=O) groups is 1. The minimum absolute atomic E-state index is 0.0794. The maximum atomic E-state index is 12.2. The Kier molecular flexibility index (Phi) is 4.19. The molecule has 116 valence electrons. The van der Waals surface area contributed by atoms with Crippen molar-refractivity contribution in [2.45, 2.75) is 20.5 Å². The van der Waals surface area contributed by atoms with Crippen molar-refractivity contribution in [1.29, 1.82) is 0 Å². The number of benzene rings is 1. The Labute approximate surface area is 133 Å². The number of rotatable bonds is 4. The zero-order valence-electron chi connectivity index (χ0n) is 12.9. The molecule has 2 aromatic heterocycles. The van der Waals surface area contributed by atoms with Crippen molar-refractivity contribution in [1.82, 2.24) is 10.1 Å². The third-order valence-electron chi connectivity index (χ3n) is 3.40. The Morgan fingerprint density at radius 2 is 1.91 bits per heavy atom. The summed E-state index contributed by atoms with van der Waals surface area (Å²) in [5.41, 5.74) is 3.50. The number of nitrogens with zero attached hydrogens (tertiary/aromatic N) is 2. The van der Waals surface area contributed by atoms with Gasteiger partial charge in [-0.2, -0.15) is 0 Å². The lowest BCUT2D eigenvalue weighted by Crippen LogP contribution is -2.08. The van der Waals surface area contributed by atoms with Gasteiger partial charge in [-0.3, -0.25) is 4.98 Å². The van der Waals surface area contributed by atoms with Gasteiger partial charge < -0.3 is 9.26 Å². The molecule has 0 saturated heterocycles. The highest BCUT2D eigenvalue weighted by atomic mass is 16.5. The highest BCUT2D eigenvalue weighted by Crippen LogP contribution is 2.19. The number of aromatic nitrogens is 2. The fourth-order valence-corrected chi connectivity index (χ4v) is 2.25. The molecule has 0 unspecified atom stereocenters. The van der Waals surface area contributed by atoms with Crippen molar-refractivity contribution in [2.24, 2.45) is 0 Å². The zero-order chi connectivity index (χ0) is 16.2. The third kappa shape index (κ3) is 3.45. The van der Waals surface area contributed by atoms with Crippen molar-refractivity contribution in [3.63, 3.8) is 0 Å². The van der Waals surface area contributed by atoms with E-state index in [1.807, 2.05) is 36.4 Å². The fourth-order valence-electron chi connectivity index (χ4n) is 2.25. The van der Waals surface area contributed by atoms with Gasteiger partial charge in [0.05, 0.1) is 17.0 Å². The standard InChI is InChI=1S/C18H16N2O3/c1-12-10-15(20-23-12)11-22-18(21)16-8-9-17(19-13(16)2)14-6-4-3-5-7-14/h3-10H,11H2,1-2H3. The Bertz CT molecular complexity index is 825. The summed E-state index contributed by atoms with van der Waals surface area (Å²) in [4.78, 5) is 16.7. The second-order valence-electron chi connectivity index (χ2n) is 5.20. The first-order valence-electron chi connectivity index (χ1n) is 7.26. The normalized spacial score (nSPS) is 10.5. The van der Waals surface area contributed by atoms with Crippen LogP contribution in [0.1, 0.15) is 27.5 Å². The molecule has 3 aromatic rings. The molecule has 0 atom stereocenters. The van der Waals surface area contributed by atoms with E-state index in [-0.39, 0.29) is 6.61 Å². The van der Waals surface area contributed by atoms with Crippen LogP contribution >= 0.6 is 0 Å². The zero-order valence-corrected chi connectivity index (χ0v) is 12.9. The first-order chi connectivity index (χ1) is 11.1. The summed E-state index contributed by atoms with van der Waals surface area (Å²) in [6.07, 6.45) is 0. The number of pyridine rings is 1. The quantitative estimate of drug-likeness (QED) is 0.687. The molecule has 3 rings (SSSR count). The van der Waals surface area contributed by atoms with Gasteiger partial charge in [0.1, 0.15) is 18.1 Å². The maximum absolute atomic E-state index is 12.2. The number of esters is 1. The number of aryl methyl sites for hydroxylation is 2. The molecular weight excluding hydrogens is 292 g/mol. The van der Waals surface area contributed by atoms with Crippen molar-refractivity contribution in [3.8, 4) is 11.3 Å². The van der Waals surface area contributed by atoms with Gasteiger partial charge in [0.15, 0.2) is 0 Å². The van der Waals surface area contributed by atoms with Gasteiger partial charge >= 0.3 is 5.97 Å². The van der Waals surface area contributed by atoms with Crippen LogP contribution in [-0.2, 0) is 11.3 Å². The molecule has 0 fully saturated rings. The summed E-state index contributed by atoms with van der Waals surface area (Å²) < 4.78 is 10.2. The lowest BCUT2D eigenvalue weighted by atomic mass is 10.1. The van der Waals surface area contributed by atoms with Crippen LogP contribution in [0, 0.1) is 13.8 Å². The number of hydrogen-bond donors (Lipinski definition) is 0. The molecule has 5 nitrogen and oxygen atoms in total. The summed E-state index contributed by atoms with van der Waals surface area (Å²) >= 11 is 0. The van der Waals surface area contributed by atoms with E-state index in [1.165, 1.54) is 0 Å². The molecule has 0 N–H and O–H groups in total. The second kappa shape index (κ2) is 6.44. The topological polar surface area (TPSA) is 65.2 Å². The van der Waals surface area contributed by atoms with E-state index in [4.69, 9.17) is 9.26 Å². The highest BCUT2D eigenvalue weighted by molar-refractivity contribution is 5.90. The van der Waals surface area contributed by atoms with Crippen molar-refractivity contribution < 1.29 is 14.1 Å². The minimum atomic E-state index is -0.421. The molecule has 0 bridgehead atoms. The monoisotopic (exact) mass is 308 g/mol. The molecular formula is C18H16N2O3. The molecule has 0 saturated carbocycles. The fraction of sp³-hybridized carbons (Fsp3) is 0.167. The van der Waals surface area contributed by atoms with Gasteiger partial charge in [-0.05, 0) is 26.0 Å². The molecule has 0 spiro atoms. The van der Waals surface area contributed by atoms with E-state index in [0.29, 0.717) is 22.7 Å². The summed E-state index contributed by atoms with van der Waals surface area (Å²) in [6, 6.07) is 15.1. The van der Waals surface area contributed by atoms with Gasteiger partial charge in [0.25, 0.3) is 0 Å². The number of ether oxygens (including phenoxy) is 1. The first-order valence-corrected chi connectivity index (χ1v) is 7.26. The average molecular weight is 308 g/mol. The van der Waals surface area contributed by atoms with E-state index in [9.17, 15) is 4.79 Å². The molecule has 0 radical (unpaired) electrons. The lowest BCUT2D eigenvalue weighted by Gasteiger charge is -2.07. The van der Waals surface area contributed by atoms with Crippen molar-refractivity contribution in [3.05, 3.63) is 71.2 Å². The largest absolute Gasteiger partial charge is 0.455 e. The van der Waals surface area contributed by atoms with Crippen LogP contribution in [0.4, 0.5) is 0 Å². The molecule has 2 heterocycles. The minimum Gasteiger partial charge on any atom is -0.455 e. The third-order valence-corrected chi connectivity index (χ3v) is 3.40. The van der Waals surface area contributed by atoms with Crippen LogP contribution in [0.25, 0.3) is 11.3 Å². The molecule has 0 amide bonds. The van der Waals surface area contributed by atoms with Crippen LogP contribution in [0.2, 0.25) is 0 Å². The summed E-state index contributed by atoms with van der Waals surface area (Å²) in [5.74, 6) is 0.261. The van der Waals surface area contributed by atoms with Gasteiger partial charge in [-0.1, -0.05) is 35.5 Å². The van der Waals surface area contributed by atoms with Gasteiger partial charge in [-0.15, -0.1) is 0 Å². The van der Waals surface area contributed by atoms with Crippen molar-refractivity contribution in [2.75, 3.05) is 0 Å². The maximum Gasteiger partial charge on any atom is 0.340 e. The van der Waals surface area contributed by atoms with Gasteiger partial charge in [-0.25, -0.2) is 4.79 Å². The smallest absolute Gasteiger partial charge is 0.340 e. The lowest BCUT2D eigenvalue weighted by molar-refractivity contribution is 0.0463. The SMILES string of the molecule is Cc1cc(COC(=O)c2ccc(-c3ccccc3)nc2C)no1. The van der Waals surface area contributed by atoms with E-state index < -0.39 is 5.97 Å². The average Bonchev–Trinajstić information content (AvgIpc) is 2.99. The Morgan fingerprint density at radius 1 is 1.13 bits per heavy atom. The summed E-state index contributed by atoms with van der Waals surface area (Å²) in [5, 5.41) is 3.79. The van der Waals surface area contributed by atoms with E-state index in [1.54, 1.807) is 26.0 Å². The van der Waals surface area contributed by atoms with Crippen LogP contribution < -0.4 is 0 Å². The van der Waals surface area contributed by atoms with E-state index >= 15 is 0 Å². The molecule has 1 aromatic carbocycles. The predicted molar refractivity (Wildman–Crippen MR) is 84.8 cm³/mol. The van der Waals surface area contributed by atoms with E-state index in [0.717, 1.165) is 11.3 Å². The predicted octanol–water partition coefficient (Wildman–Crippen LogP) is 3.71. The van der Waals surface area contributed by atoms with Crippen molar-refractivity contribution >= 4 is 5.97 Å². The molecule has 23 heavy (non-hydrogen) atoms. The highest BCUT2D eigenvalue weighted by Gasteiger charge is 2.14. The Morgan fingerprint density at radius 3 is 2.57 bits per heavy atom. The van der Waals surface area contributed by atoms with Crippen LogP contribution in [0.15, 0.2) is 53.1 Å². The van der Waals surface area contributed by atoms with Gasteiger partial charge in [0.2, 0.25) is 0 Å². The number of carbonyl (C=O) groups excluding carboxylic acids is 1.